The molecule has 1 fully saturated rings. The molecule has 1 saturated heterocycles. The first-order valence-electron chi connectivity index (χ1n) is 8.12. The highest BCUT2D eigenvalue weighted by Crippen LogP contribution is 2.31. The van der Waals surface area contributed by atoms with Crippen molar-refractivity contribution in [2.45, 2.75) is 26.3 Å². The van der Waals surface area contributed by atoms with E-state index in [0.29, 0.717) is 22.9 Å². The molecule has 1 aliphatic rings. The number of benzene rings is 1. The molecule has 0 spiro atoms. The third kappa shape index (κ3) is 3.71. The van der Waals surface area contributed by atoms with Crippen LogP contribution in [0.25, 0.3) is 0 Å². The minimum Gasteiger partial charge on any atom is -0.495 e. The zero-order valence-electron chi connectivity index (χ0n) is 14.7. The lowest BCUT2D eigenvalue weighted by Crippen LogP contribution is -2.17. The highest BCUT2D eigenvalue weighted by molar-refractivity contribution is 7.91. The molecule has 1 aliphatic heterocycles. The third-order valence-corrected chi connectivity index (χ3v) is 6.60. The molecule has 1 N–H and O–H groups in total. The third-order valence-electron chi connectivity index (χ3n) is 4.44. The Hall–Kier alpha value is -2.06. The van der Waals surface area contributed by atoms with Crippen LogP contribution in [0.4, 0.5) is 5.69 Å². The fourth-order valence-corrected chi connectivity index (χ4v) is 4.90. The van der Waals surface area contributed by atoms with E-state index in [9.17, 15) is 13.2 Å². The molecule has 1 unspecified atom stereocenters. The Morgan fingerprint density at radius 3 is 2.69 bits per heavy atom. The number of hydrogen-bond donors (Lipinski definition) is 1. The van der Waals surface area contributed by atoms with Crippen molar-refractivity contribution in [2.75, 3.05) is 23.9 Å². The number of amides is 1. The largest absolute Gasteiger partial charge is 0.495 e. The second-order valence-electron chi connectivity index (χ2n) is 6.43. The van der Waals surface area contributed by atoms with E-state index < -0.39 is 15.7 Å². The second kappa shape index (κ2) is 6.92. The standard InChI is InChI=1S/C17H20ClN3O4S/c1-10-6-14(16(25-3)8-13(10)18)19-17(22)15-7-11(2)21(20-15)12-4-5-26(23,24)9-12/h6-8,12H,4-5,9H2,1-3H3,(H,19,22). The normalized spacial score (nSPS) is 18.7. The first-order valence-corrected chi connectivity index (χ1v) is 10.3. The maximum absolute atomic E-state index is 12.6. The zero-order chi connectivity index (χ0) is 19.1. The summed E-state index contributed by atoms with van der Waals surface area (Å²) in [7, 11) is -1.53. The number of halogens is 1. The van der Waals surface area contributed by atoms with Crippen LogP contribution in [0.1, 0.15) is 34.2 Å². The van der Waals surface area contributed by atoms with Gasteiger partial charge >= 0.3 is 0 Å². The number of hydrogen-bond acceptors (Lipinski definition) is 5. The van der Waals surface area contributed by atoms with Gasteiger partial charge in [-0.3, -0.25) is 9.48 Å². The number of ether oxygens (including phenoxy) is 1. The lowest BCUT2D eigenvalue weighted by atomic mass is 10.2. The van der Waals surface area contributed by atoms with Gasteiger partial charge in [0.2, 0.25) is 0 Å². The molecular weight excluding hydrogens is 378 g/mol. The summed E-state index contributed by atoms with van der Waals surface area (Å²) in [6, 6.07) is 4.79. The number of carbonyl (C=O) groups is 1. The molecular formula is C17H20ClN3O4S. The van der Waals surface area contributed by atoms with Gasteiger partial charge < -0.3 is 10.1 Å². The van der Waals surface area contributed by atoms with Crippen LogP contribution < -0.4 is 10.1 Å². The number of aryl methyl sites for hydroxylation is 2. The number of aromatic nitrogens is 2. The van der Waals surface area contributed by atoms with Crippen LogP contribution in [0.3, 0.4) is 0 Å². The Labute approximate surface area is 157 Å². The lowest BCUT2D eigenvalue weighted by Gasteiger charge is -2.12. The average molecular weight is 398 g/mol. The van der Waals surface area contributed by atoms with Crippen molar-refractivity contribution in [2.24, 2.45) is 0 Å². The fourth-order valence-electron chi connectivity index (χ4n) is 3.05. The molecule has 3 rings (SSSR count). The van der Waals surface area contributed by atoms with Gasteiger partial charge in [0.05, 0.1) is 30.3 Å². The van der Waals surface area contributed by atoms with Crippen molar-refractivity contribution in [3.8, 4) is 5.75 Å². The maximum atomic E-state index is 12.6. The smallest absolute Gasteiger partial charge is 0.276 e. The van der Waals surface area contributed by atoms with E-state index in [4.69, 9.17) is 16.3 Å². The summed E-state index contributed by atoms with van der Waals surface area (Å²) >= 11 is 6.08. The Morgan fingerprint density at radius 2 is 2.08 bits per heavy atom. The summed E-state index contributed by atoms with van der Waals surface area (Å²) in [4.78, 5) is 12.6. The first-order chi connectivity index (χ1) is 12.2. The van der Waals surface area contributed by atoms with Crippen molar-refractivity contribution in [1.82, 2.24) is 9.78 Å². The van der Waals surface area contributed by atoms with Crippen LogP contribution in [0.2, 0.25) is 5.02 Å². The highest BCUT2D eigenvalue weighted by Gasteiger charge is 2.31. The number of sulfone groups is 1. The molecule has 0 saturated carbocycles. The van der Waals surface area contributed by atoms with E-state index in [0.717, 1.165) is 11.3 Å². The van der Waals surface area contributed by atoms with E-state index in [1.165, 1.54) is 7.11 Å². The lowest BCUT2D eigenvalue weighted by molar-refractivity contribution is 0.102. The highest BCUT2D eigenvalue weighted by atomic mass is 35.5. The summed E-state index contributed by atoms with van der Waals surface area (Å²) in [5.74, 6) is 0.264. The van der Waals surface area contributed by atoms with E-state index in [-0.39, 0.29) is 23.2 Å². The fraction of sp³-hybridized carbons (Fsp3) is 0.412. The van der Waals surface area contributed by atoms with Gasteiger partial charge in [-0.25, -0.2) is 8.42 Å². The molecule has 2 heterocycles. The molecule has 2 aromatic rings. The number of anilines is 1. The van der Waals surface area contributed by atoms with Gasteiger partial charge in [0, 0.05) is 16.8 Å². The predicted molar refractivity (Wildman–Crippen MR) is 100.0 cm³/mol. The average Bonchev–Trinajstić information content (AvgIpc) is 3.12. The zero-order valence-corrected chi connectivity index (χ0v) is 16.3. The van der Waals surface area contributed by atoms with Crippen LogP contribution in [0.15, 0.2) is 18.2 Å². The van der Waals surface area contributed by atoms with Crippen molar-refractivity contribution in [1.29, 1.82) is 0 Å². The van der Waals surface area contributed by atoms with E-state index in [2.05, 4.69) is 10.4 Å². The summed E-state index contributed by atoms with van der Waals surface area (Å²) < 4.78 is 30.3. The number of carbonyl (C=O) groups excluding carboxylic acids is 1. The van der Waals surface area contributed by atoms with E-state index >= 15 is 0 Å². The van der Waals surface area contributed by atoms with Crippen LogP contribution >= 0.6 is 11.6 Å². The van der Waals surface area contributed by atoms with Crippen molar-refractivity contribution in [3.05, 3.63) is 40.2 Å². The molecule has 0 bridgehead atoms. The maximum Gasteiger partial charge on any atom is 0.276 e. The van der Waals surface area contributed by atoms with Crippen molar-refractivity contribution < 1.29 is 17.9 Å². The molecule has 26 heavy (non-hydrogen) atoms. The molecule has 0 radical (unpaired) electrons. The SMILES string of the molecule is COc1cc(Cl)c(C)cc1NC(=O)c1cc(C)n(C2CCS(=O)(=O)C2)n1. The quantitative estimate of drug-likeness (QED) is 0.856. The molecule has 7 nitrogen and oxygen atoms in total. The molecule has 9 heteroatoms. The Kier molecular flexibility index (Phi) is 4.98. The molecule has 140 valence electrons. The molecule has 1 amide bonds. The van der Waals surface area contributed by atoms with Gasteiger partial charge in [-0.2, -0.15) is 5.10 Å². The van der Waals surface area contributed by atoms with Crippen LogP contribution in [-0.4, -0.2) is 42.7 Å². The topological polar surface area (TPSA) is 90.3 Å². The minimum atomic E-state index is -3.03. The molecule has 1 aromatic heterocycles. The van der Waals surface area contributed by atoms with Crippen molar-refractivity contribution in [3.63, 3.8) is 0 Å². The van der Waals surface area contributed by atoms with Crippen LogP contribution in [0.5, 0.6) is 5.75 Å². The number of nitrogens with zero attached hydrogens (tertiary/aromatic N) is 2. The van der Waals surface area contributed by atoms with Gasteiger partial charge in [-0.15, -0.1) is 0 Å². The minimum absolute atomic E-state index is 0.0563. The van der Waals surface area contributed by atoms with Gasteiger partial charge in [-0.1, -0.05) is 11.6 Å². The summed E-state index contributed by atoms with van der Waals surface area (Å²) in [6.07, 6.45) is 0.510. The van der Waals surface area contributed by atoms with E-state index in [1.807, 2.05) is 13.8 Å². The Morgan fingerprint density at radius 1 is 1.35 bits per heavy atom. The summed E-state index contributed by atoms with van der Waals surface area (Å²) in [5, 5.41) is 7.64. The molecule has 1 aromatic carbocycles. The second-order valence-corrected chi connectivity index (χ2v) is 9.06. The van der Waals surface area contributed by atoms with Crippen LogP contribution in [-0.2, 0) is 9.84 Å². The summed E-state index contributed by atoms with van der Waals surface area (Å²) in [5.41, 5.74) is 2.27. The predicted octanol–water partition coefficient (Wildman–Crippen LogP) is 2.77. The number of rotatable bonds is 4. The van der Waals surface area contributed by atoms with Crippen molar-refractivity contribution >= 4 is 33.0 Å². The number of nitrogens with one attached hydrogen (secondary N) is 1. The van der Waals surface area contributed by atoms with E-state index in [1.54, 1.807) is 22.9 Å². The van der Waals surface area contributed by atoms with Gasteiger partial charge in [0.1, 0.15) is 5.75 Å². The molecule has 1 atom stereocenters. The van der Waals surface area contributed by atoms with Gasteiger partial charge in [0.15, 0.2) is 15.5 Å². The number of methoxy groups -OCH3 is 1. The van der Waals surface area contributed by atoms with Crippen LogP contribution in [0, 0.1) is 13.8 Å². The monoisotopic (exact) mass is 397 g/mol. The van der Waals surface area contributed by atoms with Gasteiger partial charge in [-0.05, 0) is 38.0 Å². The first kappa shape index (κ1) is 18.7. The Balaban J connectivity index is 1.84. The summed E-state index contributed by atoms with van der Waals surface area (Å²) in [6.45, 7) is 3.64. The Bertz CT molecular complexity index is 969. The van der Waals surface area contributed by atoms with Gasteiger partial charge in [0.25, 0.3) is 5.91 Å². The molecule has 0 aliphatic carbocycles.